The van der Waals surface area contributed by atoms with Crippen LogP contribution in [0, 0.1) is 0 Å². The van der Waals surface area contributed by atoms with Crippen molar-refractivity contribution in [3.63, 3.8) is 0 Å². The number of fused-ring (bicyclic) bond motifs is 1. The fourth-order valence-corrected chi connectivity index (χ4v) is 5.73. The number of carbonyl (C=O) groups is 1. The van der Waals surface area contributed by atoms with Gasteiger partial charge in [-0.2, -0.15) is 9.97 Å². The van der Waals surface area contributed by atoms with Crippen LogP contribution >= 0.6 is 15.9 Å². The lowest BCUT2D eigenvalue weighted by Crippen LogP contribution is -2.54. The minimum absolute atomic E-state index is 0.0133. The highest BCUT2D eigenvalue weighted by Gasteiger charge is 2.34. The zero-order valence-corrected chi connectivity index (χ0v) is 25.4. The van der Waals surface area contributed by atoms with E-state index in [1.54, 1.807) is 12.0 Å². The number of aromatic nitrogens is 2. The van der Waals surface area contributed by atoms with Crippen LogP contribution < -0.4 is 19.1 Å². The Bertz CT molecular complexity index is 1220. The predicted molar refractivity (Wildman–Crippen MR) is 153 cm³/mol. The average molecular weight is 607 g/mol. The van der Waals surface area contributed by atoms with Gasteiger partial charge in [-0.05, 0) is 89.0 Å². The topological polar surface area (TPSA) is 89.5 Å². The van der Waals surface area contributed by atoms with Crippen molar-refractivity contribution in [2.45, 2.75) is 77.2 Å². The predicted octanol–water partition coefficient (Wildman–Crippen LogP) is 4.86. The number of hydrogen-bond donors (Lipinski definition) is 0. The summed E-state index contributed by atoms with van der Waals surface area (Å²) >= 11 is 3.69. The minimum Gasteiger partial charge on any atom is -0.495 e. The first-order valence-corrected chi connectivity index (χ1v) is 14.7. The van der Waals surface area contributed by atoms with E-state index in [-0.39, 0.29) is 18.2 Å². The third kappa shape index (κ3) is 6.29. The van der Waals surface area contributed by atoms with Gasteiger partial charge in [-0.3, -0.25) is 0 Å². The first-order chi connectivity index (χ1) is 18.5. The number of methoxy groups -OCH3 is 1. The van der Waals surface area contributed by atoms with E-state index >= 15 is 0 Å². The van der Waals surface area contributed by atoms with Gasteiger partial charge in [0.1, 0.15) is 33.8 Å². The standard InChI is InChI=1S/C28H40BrN5O5/c1-17-15-33(27(35)39-28(2,3)4)12-13-34(17)25-20-14-21(36-6)22(29)24(38-19-9-10-19)23(20)30-26(31-25)37-16-18-8-7-11-32(18)5/h14,17-19H,7-13,15-16H2,1-6H3/t17?,18-/m0/s1. The van der Waals surface area contributed by atoms with Crippen molar-refractivity contribution in [3.05, 3.63) is 10.5 Å². The molecule has 1 aromatic heterocycles. The van der Waals surface area contributed by atoms with Crippen molar-refractivity contribution >= 4 is 38.7 Å². The SMILES string of the molecule is COc1cc2c(N3CCN(C(=O)OC(C)(C)C)CC3C)nc(OC[C@@H]3CCCN3C)nc2c(OC2CC2)c1Br. The number of halogens is 1. The number of amides is 1. The summed E-state index contributed by atoms with van der Waals surface area (Å²) < 4.78 is 24.7. The van der Waals surface area contributed by atoms with E-state index in [2.05, 4.69) is 39.7 Å². The molecule has 2 aromatic rings. The Morgan fingerprint density at radius 2 is 1.92 bits per heavy atom. The molecule has 0 N–H and O–H groups in total. The first kappa shape index (κ1) is 28.0. The highest BCUT2D eigenvalue weighted by Crippen LogP contribution is 2.45. The van der Waals surface area contributed by atoms with Crippen LogP contribution in [0.4, 0.5) is 10.6 Å². The largest absolute Gasteiger partial charge is 0.495 e. The minimum atomic E-state index is -0.540. The smallest absolute Gasteiger partial charge is 0.410 e. The summed E-state index contributed by atoms with van der Waals surface area (Å²) in [5.74, 6) is 2.06. The molecule has 11 heteroatoms. The fraction of sp³-hybridized carbons (Fsp3) is 0.679. The summed E-state index contributed by atoms with van der Waals surface area (Å²) in [5, 5.41) is 0.827. The van der Waals surface area contributed by atoms with Crippen molar-refractivity contribution in [2.24, 2.45) is 0 Å². The molecule has 1 amide bonds. The molecule has 0 radical (unpaired) electrons. The Morgan fingerprint density at radius 3 is 2.54 bits per heavy atom. The van der Waals surface area contributed by atoms with Gasteiger partial charge in [-0.25, -0.2) is 4.79 Å². The molecular formula is C28H40BrN5O5. The first-order valence-electron chi connectivity index (χ1n) is 13.9. The number of nitrogens with zero attached hydrogens (tertiary/aromatic N) is 5. The molecule has 214 valence electrons. The highest BCUT2D eigenvalue weighted by molar-refractivity contribution is 9.10. The molecule has 3 heterocycles. The molecule has 0 spiro atoms. The maximum atomic E-state index is 12.8. The van der Waals surface area contributed by atoms with Gasteiger partial charge >= 0.3 is 12.1 Å². The molecule has 10 nitrogen and oxygen atoms in total. The second-order valence-corrected chi connectivity index (χ2v) is 12.6. The van der Waals surface area contributed by atoms with Crippen LogP contribution in [-0.4, -0.2) is 96.6 Å². The monoisotopic (exact) mass is 605 g/mol. The Morgan fingerprint density at radius 1 is 1.15 bits per heavy atom. The zero-order chi connectivity index (χ0) is 27.9. The molecule has 2 saturated heterocycles. The number of hydrogen-bond acceptors (Lipinski definition) is 9. The summed E-state index contributed by atoms with van der Waals surface area (Å²) in [4.78, 5) is 28.9. The van der Waals surface area contributed by atoms with Gasteiger partial charge in [-0.1, -0.05) is 0 Å². The maximum Gasteiger partial charge on any atom is 0.410 e. The molecule has 2 aliphatic heterocycles. The molecule has 1 saturated carbocycles. The molecule has 1 unspecified atom stereocenters. The molecule has 5 rings (SSSR count). The molecule has 1 aliphatic carbocycles. The average Bonchev–Trinajstić information content (AvgIpc) is 3.61. The fourth-order valence-electron chi connectivity index (χ4n) is 5.17. The van der Waals surface area contributed by atoms with Crippen LogP contribution in [0.15, 0.2) is 10.5 Å². The van der Waals surface area contributed by atoms with E-state index in [1.165, 1.54) is 6.42 Å². The van der Waals surface area contributed by atoms with Crippen LogP contribution in [0.2, 0.25) is 0 Å². The summed E-state index contributed by atoms with van der Waals surface area (Å²) in [7, 11) is 3.77. The lowest BCUT2D eigenvalue weighted by Gasteiger charge is -2.41. The Hall–Kier alpha value is -2.53. The van der Waals surface area contributed by atoms with Gasteiger partial charge in [0.25, 0.3) is 0 Å². The summed E-state index contributed by atoms with van der Waals surface area (Å²) in [6, 6.07) is 2.61. The van der Waals surface area contributed by atoms with Crippen molar-refractivity contribution in [1.29, 1.82) is 0 Å². The quantitative estimate of drug-likeness (QED) is 0.439. The number of likely N-dealkylation sites (tertiary alicyclic amines) is 1. The van der Waals surface area contributed by atoms with Crippen molar-refractivity contribution in [1.82, 2.24) is 19.8 Å². The van der Waals surface area contributed by atoms with Gasteiger partial charge < -0.3 is 33.6 Å². The third-order valence-corrected chi connectivity index (χ3v) is 8.22. The molecule has 3 aliphatic rings. The van der Waals surface area contributed by atoms with Crippen molar-refractivity contribution < 1.29 is 23.7 Å². The summed E-state index contributed by atoms with van der Waals surface area (Å²) in [6.45, 7) is 11.0. The Balaban J connectivity index is 1.51. The van der Waals surface area contributed by atoms with Gasteiger partial charge in [0.15, 0.2) is 5.75 Å². The number of carbonyl (C=O) groups excluding carboxylic acids is 1. The zero-order valence-electron chi connectivity index (χ0n) is 23.8. The molecule has 1 aromatic carbocycles. The van der Waals surface area contributed by atoms with E-state index in [0.717, 1.165) is 41.5 Å². The van der Waals surface area contributed by atoms with Gasteiger partial charge in [0, 0.05) is 31.7 Å². The van der Waals surface area contributed by atoms with Crippen LogP contribution in [0.1, 0.15) is 53.4 Å². The number of rotatable bonds is 7. The molecule has 2 atom stereocenters. The molecular weight excluding hydrogens is 566 g/mol. The Labute approximate surface area is 239 Å². The van der Waals surface area contributed by atoms with Crippen LogP contribution in [0.25, 0.3) is 10.9 Å². The van der Waals surface area contributed by atoms with Crippen molar-refractivity contribution in [3.8, 4) is 17.5 Å². The van der Waals surface area contributed by atoms with Crippen LogP contribution in [0.3, 0.4) is 0 Å². The maximum absolute atomic E-state index is 12.8. The normalized spacial score (nSPS) is 22.3. The lowest BCUT2D eigenvalue weighted by atomic mass is 10.1. The van der Waals surface area contributed by atoms with Crippen LogP contribution in [-0.2, 0) is 4.74 Å². The molecule has 3 fully saturated rings. The second kappa shape index (κ2) is 11.2. The van der Waals surface area contributed by atoms with Gasteiger partial charge in [0.05, 0.1) is 18.6 Å². The third-order valence-electron chi connectivity index (χ3n) is 7.47. The second-order valence-electron chi connectivity index (χ2n) is 11.8. The number of anilines is 1. The van der Waals surface area contributed by atoms with E-state index in [1.807, 2.05) is 26.8 Å². The number of ether oxygens (including phenoxy) is 4. The highest BCUT2D eigenvalue weighted by atomic mass is 79.9. The summed E-state index contributed by atoms with van der Waals surface area (Å²) in [6.07, 6.45) is 4.17. The number of piperazine rings is 1. The number of likely N-dealkylation sites (N-methyl/N-ethyl adjacent to an activating group) is 1. The van der Waals surface area contributed by atoms with Gasteiger partial charge in [0.2, 0.25) is 0 Å². The lowest BCUT2D eigenvalue weighted by molar-refractivity contribution is 0.0218. The van der Waals surface area contributed by atoms with E-state index in [0.29, 0.717) is 55.3 Å². The van der Waals surface area contributed by atoms with Gasteiger partial charge in [-0.15, -0.1) is 0 Å². The molecule has 0 bridgehead atoms. The molecule has 39 heavy (non-hydrogen) atoms. The van der Waals surface area contributed by atoms with E-state index < -0.39 is 5.60 Å². The van der Waals surface area contributed by atoms with Crippen molar-refractivity contribution in [2.75, 3.05) is 51.8 Å². The summed E-state index contributed by atoms with van der Waals surface area (Å²) in [5.41, 5.74) is 0.151. The van der Waals surface area contributed by atoms with E-state index in [9.17, 15) is 4.79 Å². The van der Waals surface area contributed by atoms with E-state index in [4.69, 9.17) is 28.9 Å². The van der Waals surface area contributed by atoms with Crippen LogP contribution in [0.5, 0.6) is 17.5 Å². The number of benzene rings is 1. The Kier molecular flexibility index (Phi) is 8.01.